The second kappa shape index (κ2) is 5.74. The molecule has 0 unspecified atom stereocenters. The number of para-hydroxylation sites is 1. The minimum Gasteiger partial charge on any atom is -0.472 e. The Morgan fingerprint density at radius 3 is 2.72 bits per heavy atom. The van der Waals surface area contributed by atoms with E-state index in [1.54, 1.807) is 12.5 Å². The zero-order valence-corrected chi connectivity index (χ0v) is 11.0. The first-order valence-electron chi connectivity index (χ1n) is 6.29. The molecule has 0 aliphatic carbocycles. The van der Waals surface area contributed by atoms with Crippen molar-refractivity contribution in [1.82, 2.24) is 0 Å². The predicted octanol–water partition coefficient (Wildman–Crippen LogP) is 3.33. The maximum atomic E-state index is 6.16. The van der Waals surface area contributed by atoms with Gasteiger partial charge in [-0.05, 0) is 24.1 Å². The van der Waals surface area contributed by atoms with Crippen molar-refractivity contribution < 1.29 is 4.42 Å². The van der Waals surface area contributed by atoms with Gasteiger partial charge in [0.1, 0.15) is 0 Å². The van der Waals surface area contributed by atoms with Gasteiger partial charge in [-0.15, -0.1) is 0 Å². The Bertz CT molecular complexity index is 479. The van der Waals surface area contributed by atoms with Crippen LogP contribution in [0.2, 0.25) is 0 Å². The summed E-state index contributed by atoms with van der Waals surface area (Å²) in [6.07, 6.45) is 4.42. The molecule has 2 N–H and O–H groups in total. The molecule has 1 aromatic carbocycles. The smallest absolute Gasteiger partial charge is 0.0952 e. The maximum absolute atomic E-state index is 6.16. The van der Waals surface area contributed by atoms with Crippen molar-refractivity contribution in [2.24, 2.45) is 5.73 Å². The molecule has 3 nitrogen and oxygen atoms in total. The first-order valence-corrected chi connectivity index (χ1v) is 6.29. The lowest BCUT2D eigenvalue weighted by molar-refractivity contribution is 0.563. The molecule has 0 fully saturated rings. The van der Waals surface area contributed by atoms with E-state index in [9.17, 15) is 0 Å². The summed E-state index contributed by atoms with van der Waals surface area (Å²) in [5.41, 5.74) is 9.71. The fourth-order valence-electron chi connectivity index (χ4n) is 2.11. The third kappa shape index (κ3) is 2.74. The number of rotatable bonds is 5. The highest BCUT2D eigenvalue weighted by molar-refractivity contribution is 5.54. The molecule has 3 heteroatoms. The van der Waals surface area contributed by atoms with Crippen LogP contribution in [0.1, 0.15) is 30.5 Å². The summed E-state index contributed by atoms with van der Waals surface area (Å²) in [6.45, 7) is 2.93. The molecule has 0 spiro atoms. The summed E-state index contributed by atoms with van der Waals surface area (Å²) in [5.74, 6) is 0. The Kier molecular flexibility index (Phi) is 4.05. The lowest BCUT2D eigenvalue weighted by atomic mass is 10.0. The molecule has 1 atom stereocenters. The van der Waals surface area contributed by atoms with E-state index in [1.807, 2.05) is 18.2 Å². The number of anilines is 1. The van der Waals surface area contributed by atoms with Gasteiger partial charge in [0.15, 0.2) is 0 Å². The third-order valence-corrected chi connectivity index (χ3v) is 3.19. The van der Waals surface area contributed by atoms with Gasteiger partial charge in [0.25, 0.3) is 0 Å². The normalized spacial score (nSPS) is 12.4. The fraction of sp³-hybridized carbons (Fsp3) is 0.333. The number of nitrogens with zero attached hydrogens (tertiary/aromatic N) is 1. The van der Waals surface area contributed by atoms with Crippen LogP contribution < -0.4 is 10.6 Å². The second-order valence-corrected chi connectivity index (χ2v) is 4.56. The van der Waals surface area contributed by atoms with Gasteiger partial charge in [0.2, 0.25) is 0 Å². The van der Waals surface area contributed by atoms with Crippen LogP contribution in [0, 0.1) is 0 Å². The first kappa shape index (κ1) is 12.7. The van der Waals surface area contributed by atoms with Crippen LogP contribution >= 0.6 is 0 Å². The molecule has 1 aromatic heterocycles. The van der Waals surface area contributed by atoms with E-state index in [0.717, 1.165) is 18.5 Å². The molecule has 0 saturated carbocycles. The molecule has 96 valence electrons. The third-order valence-electron chi connectivity index (χ3n) is 3.19. The van der Waals surface area contributed by atoms with Gasteiger partial charge in [-0.25, -0.2) is 0 Å². The Hall–Kier alpha value is -1.74. The summed E-state index contributed by atoms with van der Waals surface area (Å²) in [5, 5.41) is 0. The predicted molar refractivity (Wildman–Crippen MR) is 74.5 cm³/mol. The molecular weight excluding hydrogens is 224 g/mol. The monoisotopic (exact) mass is 244 g/mol. The zero-order chi connectivity index (χ0) is 13.0. The molecule has 2 rings (SSSR count). The molecule has 0 aliphatic heterocycles. The van der Waals surface area contributed by atoms with Crippen molar-refractivity contribution in [1.29, 1.82) is 0 Å². The summed E-state index contributed by atoms with van der Waals surface area (Å²) in [7, 11) is 2.08. The lowest BCUT2D eigenvalue weighted by Gasteiger charge is -2.24. The van der Waals surface area contributed by atoms with E-state index in [2.05, 4.69) is 31.0 Å². The molecule has 0 amide bonds. The number of benzene rings is 1. The summed E-state index contributed by atoms with van der Waals surface area (Å²) < 4.78 is 5.10. The highest BCUT2D eigenvalue weighted by atomic mass is 16.3. The van der Waals surface area contributed by atoms with Crippen molar-refractivity contribution in [3.05, 3.63) is 54.0 Å². The zero-order valence-electron chi connectivity index (χ0n) is 11.0. The lowest BCUT2D eigenvalue weighted by Crippen LogP contribution is -2.20. The quantitative estimate of drug-likeness (QED) is 0.877. The SMILES string of the molecule is CC[C@H](N)c1ccccc1N(C)Cc1ccoc1. The number of hydrogen-bond donors (Lipinski definition) is 1. The van der Waals surface area contributed by atoms with E-state index in [1.165, 1.54) is 11.3 Å². The van der Waals surface area contributed by atoms with E-state index in [4.69, 9.17) is 10.2 Å². The highest BCUT2D eigenvalue weighted by Gasteiger charge is 2.12. The van der Waals surface area contributed by atoms with E-state index in [0.29, 0.717) is 0 Å². The Morgan fingerprint density at radius 2 is 2.06 bits per heavy atom. The molecule has 0 radical (unpaired) electrons. The fourth-order valence-corrected chi connectivity index (χ4v) is 2.11. The minimum atomic E-state index is 0.0907. The summed E-state index contributed by atoms with van der Waals surface area (Å²) >= 11 is 0. The average Bonchev–Trinajstić information content (AvgIpc) is 2.90. The molecule has 2 aromatic rings. The van der Waals surface area contributed by atoms with Crippen LogP contribution in [0.5, 0.6) is 0 Å². The van der Waals surface area contributed by atoms with Crippen molar-refractivity contribution in [3.63, 3.8) is 0 Å². The van der Waals surface area contributed by atoms with Crippen LogP contribution in [0.3, 0.4) is 0 Å². The van der Waals surface area contributed by atoms with Crippen LogP contribution in [0.4, 0.5) is 5.69 Å². The summed E-state index contributed by atoms with van der Waals surface area (Å²) in [4.78, 5) is 2.20. The minimum absolute atomic E-state index is 0.0907. The van der Waals surface area contributed by atoms with E-state index < -0.39 is 0 Å². The Balaban J connectivity index is 2.21. The standard InChI is InChI=1S/C15H20N2O/c1-3-14(16)13-6-4-5-7-15(13)17(2)10-12-8-9-18-11-12/h4-9,11,14H,3,10,16H2,1-2H3/t14-/m0/s1. The van der Waals surface area contributed by atoms with Crippen LogP contribution in [0.25, 0.3) is 0 Å². The molecule has 0 saturated heterocycles. The number of nitrogens with two attached hydrogens (primary N) is 1. The Morgan fingerprint density at radius 1 is 1.28 bits per heavy atom. The van der Waals surface area contributed by atoms with Gasteiger partial charge >= 0.3 is 0 Å². The highest BCUT2D eigenvalue weighted by Crippen LogP contribution is 2.26. The van der Waals surface area contributed by atoms with E-state index >= 15 is 0 Å². The first-order chi connectivity index (χ1) is 8.72. The van der Waals surface area contributed by atoms with Crippen molar-refractivity contribution in [2.75, 3.05) is 11.9 Å². The molecular formula is C15H20N2O. The van der Waals surface area contributed by atoms with Gasteiger partial charge in [-0.3, -0.25) is 0 Å². The van der Waals surface area contributed by atoms with Gasteiger partial charge in [0.05, 0.1) is 12.5 Å². The van der Waals surface area contributed by atoms with Crippen molar-refractivity contribution in [3.8, 4) is 0 Å². The van der Waals surface area contributed by atoms with Crippen molar-refractivity contribution in [2.45, 2.75) is 25.9 Å². The largest absolute Gasteiger partial charge is 0.472 e. The van der Waals surface area contributed by atoms with Gasteiger partial charge in [0, 0.05) is 30.9 Å². The Labute approximate surface area is 108 Å². The van der Waals surface area contributed by atoms with Crippen LogP contribution in [-0.4, -0.2) is 7.05 Å². The summed E-state index contributed by atoms with van der Waals surface area (Å²) in [6, 6.07) is 10.4. The van der Waals surface area contributed by atoms with Gasteiger partial charge in [-0.2, -0.15) is 0 Å². The molecule has 0 aliphatic rings. The maximum Gasteiger partial charge on any atom is 0.0952 e. The topological polar surface area (TPSA) is 42.4 Å². The second-order valence-electron chi connectivity index (χ2n) is 4.56. The number of hydrogen-bond acceptors (Lipinski definition) is 3. The molecule has 1 heterocycles. The van der Waals surface area contributed by atoms with E-state index in [-0.39, 0.29) is 6.04 Å². The van der Waals surface area contributed by atoms with Crippen LogP contribution in [0.15, 0.2) is 47.3 Å². The van der Waals surface area contributed by atoms with Crippen molar-refractivity contribution >= 4 is 5.69 Å². The average molecular weight is 244 g/mol. The van der Waals surface area contributed by atoms with Gasteiger partial charge in [-0.1, -0.05) is 25.1 Å². The molecule has 0 bridgehead atoms. The van der Waals surface area contributed by atoms with Crippen LogP contribution in [-0.2, 0) is 6.54 Å². The van der Waals surface area contributed by atoms with Gasteiger partial charge < -0.3 is 15.1 Å². The number of furan rings is 1. The molecule has 18 heavy (non-hydrogen) atoms.